The maximum atomic E-state index is 13.5. The number of pyridine rings is 1. The number of nitrogens with one attached hydrogen (secondary N) is 1. The first kappa shape index (κ1) is 14.0. The largest absolute Gasteiger partial charge is 0.349 e. The first-order valence-corrected chi connectivity index (χ1v) is 7.01. The molecule has 1 amide bonds. The molecule has 0 bridgehead atoms. The van der Waals surface area contributed by atoms with Crippen LogP contribution >= 0.6 is 0 Å². The number of aromatic nitrogens is 1. The van der Waals surface area contributed by atoms with Crippen LogP contribution in [0.3, 0.4) is 0 Å². The number of hydrogen-bond acceptors (Lipinski definition) is 2. The van der Waals surface area contributed by atoms with Gasteiger partial charge in [-0.1, -0.05) is 26.7 Å². The van der Waals surface area contributed by atoms with Crippen LogP contribution in [0.1, 0.15) is 49.9 Å². The molecule has 2 rings (SSSR count). The van der Waals surface area contributed by atoms with Crippen molar-refractivity contribution in [3.05, 3.63) is 29.8 Å². The predicted octanol–water partition coefficient (Wildman–Crippen LogP) is 3.17. The molecule has 1 fully saturated rings. The molecule has 0 radical (unpaired) electrons. The van der Waals surface area contributed by atoms with Crippen LogP contribution in [0, 0.1) is 17.8 Å². The van der Waals surface area contributed by atoms with Crippen LogP contribution in [0.25, 0.3) is 0 Å². The smallest absolute Gasteiger partial charge is 0.256 e. The van der Waals surface area contributed by atoms with E-state index >= 15 is 0 Å². The summed E-state index contributed by atoms with van der Waals surface area (Å²) in [6, 6.07) is 3.21. The minimum atomic E-state index is -0.697. The highest BCUT2D eigenvalue weighted by Gasteiger charge is 2.29. The van der Waals surface area contributed by atoms with Crippen LogP contribution in [0.5, 0.6) is 0 Å². The first-order valence-electron chi connectivity index (χ1n) is 7.01. The fourth-order valence-electron chi connectivity index (χ4n) is 2.94. The van der Waals surface area contributed by atoms with Gasteiger partial charge in [0.25, 0.3) is 5.91 Å². The molecule has 3 nitrogen and oxygen atoms in total. The summed E-state index contributed by atoms with van der Waals surface area (Å²) in [5, 5.41) is 2.99. The van der Waals surface area contributed by atoms with Crippen LogP contribution in [0.15, 0.2) is 18.3 Å². The third-order valence-corrected chi connectivity index (χ3v) is 4.00. The monoisotopic (exact) mass is 264 g/mol. The number of halogens is 1. The Morgan fingerprint density at radius 1 is 1.42 bits per heavy atom. The van der Waals surface area contributed by atoms with E-state index in [1.807, 2.05) is 0 Å². The van der Waals surface area contributed by atoms with Crippen LogP contribution in [0.4, 0.5) is 4.39 Å². The topological polar surface area (TPSA) is 42.0 Å². The molecule has 2 unspecified atom stereocenters. The van der Waals surface area contributed by atoms with E-state index in [4.69, 9.17) is 0 Å². The maximum absolute atomic E-state index is 13.5. The van der Waals surface area contributed by atoms with E-state index < -0.39 is 5.95 Å². The Morgan fingerprint density at radius 3 is 2.84 bits per heavy atom. The lowest BCUT2D eigenvalue weighted by Crippen LogP contribution is -2.44. The number of nitrogens with zero attached hydrogens (tertiary/aromatic N) is 1. The van der Waals surface area contributed by atoms with Crippen molar-refractivity contribution in [3.63, 3.8) is 0 Å². The molecule has 1 aliphatic rings. The summed E-state index contributed by atoms with van der Waals surface area (Å²) in [5.74, 6) is -0.0261. The molecule has 1 aliphatic carbocycles. The lowest BCUT2D eigenvalue weighted by molar-refractivity contribution is 0.0884. The van der Waals surface area contributed by atoms with E-state index in [1.165, 1.54) is 18.7 Å². The highest BCUT2D eigenvalue weighted by Crippen LogP contribution is 2.30. The van der Waals surface area contributed by atoms with Crippen LogP contribution in [-0.4, -0.2) is 16.9 Å². The van der Waals surface area contributed by atoms with E-state index in [1.54, 1.807) is 6.07 Å². The molecular formula is C15H21FN2O. The van der Waals surface area contributed by atoms with Gasteiger partial charge in [-0.15, -0.1) is 0 Å². The van der Waals surface area contributed by atoms with Gasteiger partial charge in [0.2, 0.25) is 5.95 Å². The number of rotatable bonds is 3. The fourth-order valence-corrected chi connectivity index (χ4v) is 2.94. The molecule has 19 heavy (non-hydrogen) atoms. The molecule has 4 heteroatoms. The fraction of sp³-hybridized carbons (Fsp3) is 0.600. The molecule has 1 heterocycles. The lowest BCUT2D eigenvalue weighted by Gasteiger charge is -2.34. The molecule has 1 aromatic rings. The van der Waals surface area contributed by atoms with E-state index in [0.717, 1.165) is 19.3 Å². The van der Waals surface area contributed by atoms with Gasteiger partial charge in [-0.3, -0.25) is 4.79 Å². The summed E-state index contributed by atoms with van der Waals surface area (Å²) in [6.45, 7) is 4.36. The molecule has 1 aromatic heterocycles. The Balaban J connectivity index is 2.07. The second kappa shape index (κ2) is 6.13. The van der Waals surface area contributed by atoms with Gasteiger partial charge in [0.05, 0.1) is 5.56 Å². The van der Waals surface area contributed by atoms with Gasteiger partial charge < -0.3 is 5.32 Å². The average Bonchev–Trinajstić information content (AvgIpc) is 2.39. The number of amides is 1. The van der Waals surface area contributed by atoms with Gasteiger partial charge >= 0.3 is 0 Å². The third-order valence-electron chi connectivity index (χ3n) is 4.00. The minimum absolute atomic E-state index is 0.0376. The van der Waals surface area contributed by atoms with E-state index in [9.17, 15) is 9.18 Å². The van der Waals surface area contributed by atoms with Crippen LogP contribution < -0.4 is 5.32 Å². The summed E-state index contributed by atoms with van der Waals surface area (Å²) in [6.07, 6.45) is 5.82. The maximum Gasteiger partial charge on any atom is 0.256 e. The molecular weight excluding hydrogens is 243 g/mol. The Hall–Kier alpha value is -1.45. The minimum Gasteiger partial charge on any atom is -0.349 e. The van der Waals surface area contributed by atoms with Crippen molar-refractivity contribution in [2.75, 3.05) is 0 Å². The number of hydrogen-bond donors (Lipinski definition) is 1. The SMILES string of the molecule is CC(C)C1CCCCC1NC(=O)c1cccnc1F. The van der Waals surface area contributed by atoms with E-state index in [0.29, 0.717) is 11.8 Å². The van der Waals surface area contributed by atoms with E-state index in [2.05, 4.69) is 24.1 Å². The Morgan fingerprint density at radius 2 is 2.16 bits per heavy atom. The summed E-state index contributed by atoms with van der Waals surface area (Å²) in [7, 11) is 0. The Bertz CT molecular complexity index is 448. The van der Waals surface area contributed by atoms with Crippen molar-refractivity contribution < 1.29 is 9.18 Å². The van der Waals surface area contributed by atoms with Crippen molar-refractivity contribution in [1.82, 2.24) is 10.3 Å². The van der Waals surface area contributed by atoms with Crippen molar-refractivity contribution in [1.29, 1.82) is 0 Å². The molecule has 1 N–H and O–H groups in total. The predicted molar refractivity (Wildman–Crippen MR) is 72.2 cm³/mol. The van der Waals surface area contributed by atoms with Gasteiger partial charge in [-0.25, -0.2) is 4.98 Å². The molecule has 0 spiro atoms. The number of carbonyl (C=O) groups excluding carboxylic acids is 1. The van der Waals surface area contributed by atoms with Gasteiger partial charge in [0.1, 0.15) is 0 Å². The Kier molecular flexibility index (Phi) is 4.51. The van der Waals surface area contributed by atoms with Gasteiger partial charge in [0.15, 0.2) is 0 Å². The van der Waals surface area contributed by atoms with Crippen molar-refractivity contribution in [2.24, 2.45) is 11.8 Å². The van der Waals surface area contributed by atoms with Gasteiger partial charge in [-0.2, -0.15) is 4.39 Å². The summed E-state index contributed by atoms with van der Waals surface area (Å²) in [5.41, 5.74) is 0.0376. The zero-order chi connectivity index (χ0) is 13.8. The standard InChI is InChI=1S/C15H21FN2O/c1-10(2)11-6-3-4-8-13(11)18-15(19)12-7-5-9-17-14(12)16/h5,7,9-11,13H,3-4,6,8H2,1-2H3,(H,18,19). The zero-order valence-electron chi connectivity index (χ0n) is 11.5. The molecule has 0 saturated heterocycles. The normalized spacial score (nSPS) is 23.4. The van der Waals surface area contributed by atoms with Crippen molar-refractivity contribution in [2.45, 2.75) is 45.6 Å². The summed E-state index contributed by atoms with van der Waals surface area (Å²) in [4.78, 5) is 15.6. The quantitative estimate of drug-likeness (QED) is 0.852. The first-order chi connectivity index (χ1) is 9.09. The van der Waals surface area contributed by atoms with Gasteiger partial charge in [0, 0.05) is 12.2 Å². The lowest BCUT2D eigenvalue weighted by atomic mass is 9.78. The molecule has 2 atom stereocenters. The second-order valence-corrected chi connectivity index (χ2v) is 5.61. The molecule has 0 aliphatic heterocycles. The molecule has 0 aromatic carbocycles. The Labute approximate surface area is 113 Å². The highest BCUT2D eigenvalue weighted by molar-refractivity contribution is 5.94. The third kappa shape index (κ3) is 3.31. The second-order valence-electron chi connectivity index (χ2n) is 5.61. The highest BCUT2D eigenvalue weighted by atomic mass is 19.1. The van der Waals surface area contributed by atoms with Crippen LogP contribution in [-0.2, 0) is 0 Å². The number of carbonyl (C=O) groups is 1. The summed E-state index contributed by atoms with van der Waals surface area (Å²) < 4.78 is 13.5. The zero-order valence-corrected chi connectivity index (χ0v) is 11.5. The van der Waals surface area contributed by atoms with Crippen molar-refractivity contribution >= 4 is 5.91 Å². The van der Waals surface area contributed by atoms with Crippen molar-refractivity contribution in [3.8, 4) is 0 Å². The molecule has 1 saturated carbocycles. The van der Waals surface area contributed by atoms with Gasteiger partial charge in [-0.05, 0) is 36.8 Å². The summed E-state index contributed by atoms with van der Waals surface area (Å²) >= 11 is 0. The molecule has 104 valence electrons. The average molecular weight is 264 g/mol. The van der Waals surface area contributed by atoms with E-state index in [-0.39, 0.29) is 17.5 Å². The van der Waals surface area contributed by atoms with Crippen LogP contribution in [0.2, 0.25) is 0 Å².